The van der Waals surface area contributed by atoms with Gasteiger partial charge in [0.1, 0.15) is 12.4 Å². The topological polar surface area (TPSA) is 73.0 Å². The first-order valence-corrected chi connectivity index (χ1v) is 12.4. The van der Waals surface area contributed by atoms with Crippen molar-refractivity contribution in [2.45, 2.75) is 0 Å². The lowest BCUT2D eigenvalue weighted by molar-refractivity contribution is -0.107. The average molecular weight is 530 g/mol. The van der Waals surface area contributed by atoms with Gasteiger partial charge in [-0.3, -0.25) is 4.79 Å². The second-order valence-corrected chi connectivity index (χ2v) is 7.68. The molecule has 0 spiro atoms. The Morgan fingerprint density at radius 1 is 0.966 bits per heavy atom. The number of anilines is 1. The first-order chi connectivity index (χ1) is 14.2. The number of aromatic amines is 1. The van der Waals surface area contributed by atoms with E-state index in [1.807, 2.05) is 36.4 Å². The highest BCUT2D eigenvalue weighted by atomic mass is 127. The van der Waals surface area contributed by atoms with Gasteiger partial charge in [-0.1, -0.05) is 6.07 Å². The van der Waals surface area contributed by atoms with Crippen molar-refractivity contribution in [3.05, 3.63) is 36.4 Å². The number of halogens is 1. The highest BCUT2D eigenvalue weighted by Gasteiger charge is 2.08. The molecule has 0 radical (unpaired) electrons. The van der Waals surface area contributed by atoms with E-state index in [4.69, 9.17) is 18.4 Å². The number of fused-ring (bicyclic) bond motifs is 3. The third-order valence-electron chi connectivity index (χ3n) is 4.34. The Labute approximate surface area is 185 Å². The zero-order valence-electron chi connectivity index (χ0n) is 16.1. The van der Waals surface area contributed by atoms with Crippen molar-refractivity contribution in [1.29, 1.82) is 0 Å². The molecule has 29 heavy (non-hydrogen) atoms. The van der Waals surface area contributed by atoms with E-state index in [0.717, 1.165) is 39.7 Å². The molecule has 3 aromatic rings. The SMILES string of the molecule is CN(C=O)c1ccc2c(c1)[nH]c1cc(OCCOCCOCCOSI)ccc12. The number of benzene rings is 2. The van der Waals surface area contributed by atoms with Crippen LogP contribution >= 0.6 is 30.4 Å². The molecule has 9 heteroatoms. The zero-order chi connectivity index (χ0) is 20.5. The number of nitrogens with zero attached hydrogens (tertiary/aromatic N) is 1. The summed E-state index contributed by atoms with van der Waals surface area (Å²) in [6.07, 6.45) is 0.795. The summed E-state index contributed by atoms with van der Waals surface area (Å²) in [6, 6.07) is 11.9. The third kappa shape index (κ3) is 6.22. The number of H-pyrrole nitrogens is 1. The number of rotatable bonds is 13. The molecule has 3 rings (SSSR count). The maximum absolute atomic E-state index is 11.0. The molecule has 0 aliphatic heterocycles. The number of amides is 1. The summed E-state index contributed by atoms with van der Waals surface area (Å²) in [6.45, 7) is 3.16. The molecular weight excluding hydrogens is 507 g/mol. The molecule has 0 unspecified atom stereocenters. The van der Waals surface area contributed by atoms with Gasteiger partial charge in [0.05, 0.1) is 47.8 Å². The van der Waals surface area contributed by atoms with Gasteiger partial charge in [0, 0.05) is 56.3 Å². The van der Waals surface area contributed by atoms with Gasteiger partial charge >= 0.3 is 0 Å². The van der Waals surface area contributed by atoms with Crippen LogP contribution < -0.4 is 9.64 Å². The summed E-state index contributed by atoms with van der Waals surface area (Å²) in [7, 11) is 3.04. The first-order valence-electron chi connectivity index (χ1n) is 9.15. The molecular formula is C20H23IN2O5S. The highest BCUT2D eigenvalue weighted by molar-refractivity contribution is 14.2. The van der Waals surface area contributed by atoms with Crippen molar-refractivity contribution in [2.24, 2.45) is 0 Å². The van der Waals surface area contributed by atoms with Crippen LogP contribution in [0.25, 0.3) is 21.8 Å². The minimum atomic E-state index is 0.467. The van der Waals surface area contributed by atoms with Crippen LogP contribution in [0.2, 0.25) is 0 Å². The molecule has 0 aliphatic carbocycles. The van der Waals surface area contributed by atoms with Crippen molar-refractivity contribution in [3.63, 3.8) is 0 Å². The van der Waals surface area contributed by atoms with E-state index in [2.05, 4.69) is 26.2 Å². The Balaban J connectivity index is 1.48. The quantitative estimate of drug-likeness (QED) is 0.154. The van der Waals surface area contributed by atoms with Crippen LogP contribution in [0.1, 0.15) is 0 Å². The Morgan fingerprint density at radius 2 is 1.62 bits per heavy atom. The van der Waals surface area contributed by atoms with Crippen molar-refractivity contribution in [3.8, 4) is 5.75 Å². The molecule has 0 saturated carbocycles. The fourth-order valence-electron chi connectivity index (χ4n) is 2.91. The van der Waals surface area contributed by atoms with E-state index in [9.17, 15) is 4.79 Å². The van der Waals surface area contributed by atoms with Gasteiger partial charge in [-0.15, -0.1) is 0 Å². The first kappa shape index (κ1) is 22.2. The van der Waals surface area contributed by atoms with E-state index in [0.29, 0.717) is 39.6 Å². The lowest BCUT2D eigenvalue weighted by Gasteiger charge is -2.09. The predicted octanol–water partition coefficient (Wildman–Crippen LogP) is 4.34. The molecule has 156 valence electrons. The Morgan fingerprint density at radius 3 is 2.34 bits per heavy atom. The fourth-order valence-corrected chi connectivity index (χ4v) is 3.58. The standard InChI is InChI=1S/C20H23IN2O5S/c1-23(14-24)15-2-4-17-18-5-3-16(13-20(18)22-19(17)12-15)27-10-8-25-6-7-26-9-11-28-29-21/h2-5,12-14,22H,6-11H2,1H3. The van der Waals surface area contributed by atoms with Crippen LogP contribution in [0.3, 0.4) is 0 Å². The fraction of sp³-hybridized carbons (Fsp3) is 0.350. The summed E-state index contributed by atoms with van der Waals surface area (Å²) < 4.78 is 21.8. The maximum atomic E-state index is 11.0. The van der Waals surface area contributed by atoms with E-state index in [-0.39, 0.29) is 0 Å². The molecule has 0 fully saturated rings. The Kier molecular flexibility index (Phi) is 8.87. The van der Waals surface area contributed by atoms with Crippen molar-refractivity contribution < 1.29 is 23.2 Å². The Hall–Kier alpha value is -1.53. The van der Waals surface area contributed by atoms with Crippen LogP contribution in [0.15, 0.2) is 36.4 Å². The van der Waals surface area contributed by atoms with Crippen LogP contribution in [0.5, 0.6) is 5.75 Å². The predicted molar refractivity (Wildman–Crippen MR) is 125 cm³/mol. The monoisotopic (exact) mass is 530 g/mol. The molecule has 0 atom stereocenters. The van der Waals surface area contributed by atoms with E-state index < -0.39 is 0 Å². The minimum Gasteiger partial charge on any atom is -0.491 e. The zero-order valence-corrected chi connectivity index (χ0v) is 19.0. The lowest BCUT2D eigenvalue weighted by atomic mass is 10.1. The van der Waals surface area contributed by atoms with Crippen LogP contribution in [-0.2, 0) is 18.5 Å². The minimum absolute atomic E-state index is 0.467. The molecule has 2 aromatic carbocycles. The number of hydrogen-bond donors (Lipinski definition) is 1. The van der Waals surface area contributed by atoms with Gasteiger partial charge in [0.2, 0.25) is 6.41 Å². The van der Waals surface area contributed by atoms with Crippen molar-refractivity contribution in [2.75, 3.05) is 51.6 Å². The van der Waals surface area contributed by atoms with Crippen molar-refractivity contribution >= 4 is 64.3 Å². The molecule has 7 nitrogen and oxygen atoms in total. The van der Waals surface area contributed by atoms with Gasteiger partial charge in [0.15, 0.2) is 0 Å². The summed E-state index contributed by atoms with van der Waals surface area (Å²) in [4.78, 5) is 15.9. The molecule has 1 aromatic heterocycles. The summed E-state index contributed by atoms with van der Waals surface area (Å²) in [5.41, 5.74) is 2.81. The van der Waals surface area contributed by atoms with Gasteiger partial charge < -0.3 is 28.3 Å². The van der Waals surface area contributed by atoms with E-state index in [1.165, 1.54) is 9.21 Å². The maximum Gasteiger partial charge on any atom is 0.213 e. The number of hydrogen-bond acceptors (Lipinski definition) is 6. The summed E-state index contributed by atoms with van der Waals surface area (Å²) >= 11 is 2.07. The summed E-state index contributed by atoms with van der Waals surface area (Å²) in [5, 5.41) is 2.23. The molecule has 1 N–H and O–H groups in total. The van der Waals surface area contributed by atoms with Crippen molar-refractivity contribution in [1.82, 2.24) is 4.98 Å². The number of nitrogens with one attached hydrogen (secondary N) is 1. The van der Waals surface area contributed by atoms with E-state index in [1.54, 1.807) is 11.9 Å². The van der Waals surface area contributed by atoms with Gasteiger partial charge in [0.25, 0.3) is 0 Å². The molecule has 1 amide bonds. The normalized spacial score (nSPS) is 11.2. The third-order valence-corrected chi connectivity index (χ3v) is 5.36. The molecule has 1 heterocycles. The smallest absolute Gasteiger partial charge is 0.213 e. The number of carbonyl (C=O) groups excluding carboxylic acids is 1. The van der Waals surface area contributed by atoms with Crippen LogP contribution in [0, 0.1) is 0 Å². The average Bonchev–Trinajstić information content (AvgIpc) is 3.11. The number of ether oxygens (including phenoxy) is 3. The largest absolute Gasteiger partial charge is 0.491 e. The van der Waals surface area contributed by atoms with E-state index >= 15 is 0 Å². The Bertz CT molecular complexity index is 936. The molecule has 0 saturated heterocycles. The molecule has 0 bridgehead atoms. The molecule has 0 aliphatic rings. The van der Waals surface area contributed by atoms with Crippen LogP contribution in [0.4, 0.5) is 5.69 Å². The highest BCUT2D eigenvalue weighted by Crippen LogP contribution is 2.30. The number of aromatic nitrogens is 1. The van der Waals surface area contributed by atoms with Crippen LogP contribution in [-0.4, -0.2) is 58.1 Å². The van der Waals surface area contributed by atoms with Gasteiger partial charge in [-0.05, 0) is 24.3 Å². The second kappa shape index (κ2) is 11.6. The number of carbonyl (C=O) groups is 1. The van der Waals surface area contributed by atoms with Gasteiger partial charge in [-0.2, -0.15) is 0 Å². The second-order valence-electron chi connectivity index (χ2n) is 6.24. The lowest BCUT2D eigenvalue weighted by Crippen LogP contribution is -2.13. The van der Waals surface area contributed by atoms with Gasteiger partial charge in [-0.25, -0.2) is 0 Å². The summed E-state index contributed by atoms with van der Waals surface area (Å²) in [5.74, 6) is 0.780.